The van der Waals surface area contributed by atoms with Crippen molar-refractivity contribution in [2.24, 2.45) is 10.9 Å². The highest BCUT2D eigenvalue weighted by Crippen LogP contribution is 2.22. The maximum atomic E-state index is 12.6. The summed E-state index contributed by atoms with van der Waals surface area (Å²) in [5.41, 5.74) is 4.17. The van der Waals surface area contributed by atoms with Crippen LogP contribution >= 0.6 is 11.3 Å². The summed E-state index contributed by atoms with van der Waals surface area (Å²) in [4.78, 5) is 23.0. The second-order valence-corrected chi connectivity index (χ2v) is 7.93. The molecular formula is C20H26N4O2S. The van der Waals surface area contributed by atoms with Crippen molar-refractivity contribution in [3.05, 3.63) is 35.0 Å². The van der Waals surface area contributed by atoms with Gasteiger partial charge in [0.25, 0.3) is 5.91 Å². The molecule has 0 fully saturated rings. The van der Waals surface area contributed by atoms with E-state index in [2.05, 4.69) is 29.1 Å². The molecule has 1 aliphatic rings. The Hall–Kier alpha value is -2.25. The smallest absolute Gasteiger partial charge is 0.279 e. The lowest BCUT2D eigenvalue weighted by Gasteiger charge is -2.23. The number of hydrogen-bond donors (Lipinski definition) is 1. The summed E-state index contributed by atoms with van der Waals surface area (Å²) in [6.45, 7) is 7.59. The van der Waals surface area contributed by atoms with Gasteiger partial charge in [-0.15, -0.1) is 11.3 Å². The number of nitrogens with one attached hydrogen (secondary N) is 1. The molecule has 1 aromatic heterocycles. The van der Waals surface area contributed by atoms with E-state index in [1.165, 1.54) is 0 Å². The van der Waals surface area contributed by atoms with Gasteiger partial charge < -0.3 is 10.1 Å². The summed E-state index contributed by atoms with van der Waals surface area (Å²) < 4.78 is 6.68. The summed E-state index contributed by atoms with van der Waals surface area (Å²) in [6, 6.07) is 6.07. The molecule has 1 aliphatic heterocycles. The minimum Gasteiger partial charge on any atom is -0.380 e. The van der Waals surface area contributed by atoms with Gasteiger partial charge in [0.2, 0.25) is 5.96 Å². The monoisotopic (exact) mass is 386 g/mol. The van der Waals surface area contributed by atoms with Crippen LogP contribution in [0.25, 0.3) is 16.3 Å². The van der Waals surface area contributed by atoms with Gasteiger partial charge in [-0.1, -0.05) is 19.9 Å². The summed E-state index contributed by atoms with van der Waals surface area (Å²) in [5, 5.41) is 3.38. The van der Waals surface area contributed by atoms with Crippen LogP contribution in [0.5, 0.6) is 0 Å². The van der Waals surface area contributed by atoms with Crippen LogP contribution in [-0.4, -0.2) is 48.1 Å². The highest BCUT2D eigenvalue weighted by molar-refractivity contribution is 7.16. The largest absolute Gasteiger partial charge is 0.380 e. The van der Waals surface area contributed by atoms with Crippen LogP contribution in [0, 0.1) is 5.92 Å². The van der Waals surface area contributed by atoms with Crippen LogP contribution in [0.2, 0.25) is 0 Å². The molecule has 1 atom stereocenters. The van der Waals surface area contributed by atoms with Crippen LogP contribution in [0.15, 0.2) is 34.4 Å². The maximum Gasteiger partial charge on any atom is 0.279 e. The van der Waals surface area contributed by atoms with Crippen molar-refractivity contribution in [1.82, 2.24) is 15.2 Å². The molecule has 0 radical (unpaired) electrons. The summed E-state index contributed by atoms with van der Waals surface area (Å²) in [7, 11) is 1.74. The van der Waals surface area contributed by atoms with Gasteiger partial charge in [0.05, 0.1) is 28.4 Å². The number of benzene rings is 1. The number of nitrogens with zero attached hydrogens (tertiary/aromatic N) is 3. The SMILES string of the molecule is CCOC[C@@H](CC(C)C)NC1=N/C(=C\c2ccc3ncsc3c2)C(=O)N1C. The molecule has 0 saturated heterocycles. The molecule has 27 heavy (non-hydrogen) atoms. The number of carbonyl (C=O) groups is 1. The van der Waals surface area contributed by atoms with Gasteiger partial charge in [-0.3, -0.25) is 9.69 Å². The number of hydrogen-bond acceptors (Lipinski definition) is 6. The number of carbonyl (C=O) groups excluding carboxylic acids is 1. The van der Waals surface area contributed by atoms with Crippen molar-refractivity contribution in [1.29, 1.82) is 0 Å². The molecule has 1 aromatic carbocycles. The Bertz CT molecular complexity index is 872. The Morgan fingerprint density at radius 3 is 2.93 bits per heavy atom. The predicted octanol–water partition coefficient (Wildman–Crippen LogP) is 3.51. The molecule has 0 bridgehead atoms. The zero-order valence-electron chi connectivity index (χ0n) is 16.2. The van der Waals surface area contributed by atoms with E-state index in [1.807, 2.05) is 36.7 Å². The lowest BCUT2D eigenvalue weighted by atomic mass is 10.0. The van der Waals surface area contributed by atoms with Gasteiger partial charge in [0.15, 0.2) is 0 Å². The van der Waals surface area contributed by atoms with E-state index in [-0.39, 0.29) is 11.9 Å². The molecule has 0 aliphatic carbocycles. The predicted molar refractivity (Wildman–Crippen MR) is 111 cm³/mol. The highest BCUT2D eigenvalue weighted by atomic mass is 32.1. The molecule has 2 heterocycles. The van der Waals surface area contributed by atoms with Gasteiger partial charge in [-0.2, -0.15) is 0 Å². The van der Waals surface area contributed by atoms with Gasteiger partial charge in [0, 0.05) is 13.7 Å². The topological polar surface area (TPSA) is 66.8 Å². The first-order chi connectivity index (χ1) is 13.0. The molecular weight excluding hydrogens is 360 g/mol. The number of thiazole rings is 1. The average molecular weight is 387 g/mol. The lowest BCUT2D eigenvalue weighted by Crippen LogP contribution is -2.45. The van der Waals surface area contributed by atoms with Crippen molar-refractivity contribution in [3.63, 3.8) is 0 Å². The average Bonchev–Trinajstić information content (AvgIpc) is 3.19. The summed E-state index contributed by atoms with van der Waals surface area (Å²) in [5.74, 6) is 0.990. The van der Waals surface area contributed by atoms with E-state index in [1.54, 1.807) is 23.3 Å². The Morgan fingerprint density at radius 2 is 2.19 bits per heavy atom. The Morgan fingerprint density at radius 1 is 1.37 bits per heavy atom. The van der Waals surface area contributed by atoms with Crippen LogP contribution in [0.4, 0.5) is 0 Å². The maximum absolute atomic E-state index is 12.6. The zero-order valence-corrected chi connectivity index (χ0v) is 17.0. The number of aliphatic imine (C=N–C) groups is 1. The number of guanidine groups is 1. The van der Waals surface area contributed by atoms with E-state index < -0.39 is 0 Å². The van der Waals surface area contributed by atoms with Crippen LogP contribution in [-0.2, 0) is 9.53 Å². The third kappa shape index (κ3) is 4.73. The van der Waals surface area contributed by atoms with Crippen LogP contribution < -0.4 is 5.32 Å². The Balaban J connectivity index is 1.80. The van der Waals surface area contributed by atoms with Crippen molar-refractivity contribution in [2.45, 2.75) is 33.2 Å². The molecule has 3 rings (SSSR count). The molecule has 7 heteroatoms. The molecule has 6 nitrogen and oxygen atoms in total. The Labute approximate surface area is 164 Å². The molecule has 0 spiro atoms. The molecule has 0 saturated carbocycles. The fraction of sp³-hybridized carbons (Fsp3) is 0.450. The molecule has 1 amide bonds. The molecule has 2 aromatic rings. The van der Waals surface area contributed by atoms with E-state index in [0.717, 1.165) is 22.2 Å². The standard InChI is InChI=1S/C20H26N4O2S/c1-5-26-11-15(8-13(2)3)22-20-23-17(19(25)24(20)4)9-14-6-7-16-18(10-14)27-12-21-16/h6-7,9-10,12-13,15H,5,8,11H2,1-4H3,(H,22,23)/b17-9-/t15-/m1/s1. The third-order valence-electron chi connectivity index (χ3n) is 4.34. The van der Waals surface area contributed by atoms with Gasteiger partial charge in [-0.05, 0) is 43.0 Å². The first-order valence-electron chi connectivity index (χ1n) is 9.24. The first kappa shape index (κ1) is 19.5. The van der Waals surface area contributed by atoms with E-state index in [0.29, 0.717) is 30.8 Å². The number of amides is 1. The zero-order chi connectivity index (χ0) is 19.4. The minimum absolute atomic E-state index is 0.110. The molecule has 1 N–H and O–H groups in total. The summed E-state index contributed by atoms with van der Waals surface area (Å²) >= 11 is 1.59. The van der Waals surface area contributed by atoms with Gasteiger partial charge in [0.1, 0.15) is 5.70 Å². The fourth-order valence-electron chi connectivity index (χ4n) is 3.03. The first-order valence-corrected chi connectivity index (χ1v) is 10.1. The lowest BCUT2D eigenvalue weighted by molar-refractivity contribution is -0.121. The van der Waals surface area contributed by atoms with E-state index in [4.69, 9.17) is 4.74 Å². The van der Waals surface area contributed by atoms with Gasteiger partial charge >= 0.3 is 0 Å². The number of aromatic nitrogens is 1. The summed E-state index contributed by atoms with van der Waals surface area (Å²) in [6.07, 6.45) is 2.77. The highest BCUT2D eigenvalue weighted by Gasteiger charge is 2.28. The normalized spacial score (nSPS) is 17.2. The number of ether oxygens (including phenoxy) is 1. The molecule has 0 unspecified atom stereocenters. The Kier molecular flexibility index (Phi) is 6.23. The second kappa shape index (κ2) is 8.63. The van der Waals surface area contributed by atoms with Crippen molar-refractivity contribution >= 4 is 39.5 Å². The number of likely N-dealkylation sites (N-methyl/N-ethyl adjacent to an activating group) is 1. The minimum atomic E-state index is -0.110. The third-order valence-corrected chi connectivity index (χ3v) is 5.13. The van der Waals surface area contributed by atoms with Crippen molar-refractivity contribution in [2.75, 3.05) is 20.3 Å². The van der Waals surface area contributed by atoms with Crippen LogP contribution in [0.3, 0.4) is 0 Å². The molecule has 144 valence electrons. The van der Waals surface area contributed by atoms with Crippen molar-refractivity contribution < 1.29 is 9.53 Å². The van der Waals surface area contributed by atoms with Crippen LogP contribution in [0.1, 0.15) is 32.8 Å². The van der Waals surface area contributed by atoms with E-state index in [9.17, 15) is 4.79 Å². The number of rotatable bonds is 7. The van der Waals surface area contributed by atoms with Gasteiger partial charge in [-0.25, -0.2) is 9.98 Å². The quantitative estimate of drug-likeness (QED) is 0.740. The van der Waals surface area contributed by atoms with Crippen molar-refractivity contribution in [3.8, 4) is 0 Å². The number of fused-ring (bicyclic) bond motifs is 1. The fourth-order valence-corrected chi connectivity index (χ4v) is 3.75. The van der Waals surface area contributed by atoms with E-state index >= 15 is 0 Å². The second-order valence-electron chi connectivity index (χ2n) is 7.04.